The fourth-order valence-electron chi connectivity index (χ4n) is 3.13. The van der Waals surface area contributed by atoms with Gasteiger partial charge in [0.05, 0.1) is 25.9 Å². The Bertz CT molecular complexity index is 452. The second-order valence-corrected chi connectivity index (χ2v) is 6.09. The van der Waals surface area contributed by atoms with Gasteiger partial charge in [-0.2, -0.15) is 0 Å². The van der Waals surface area contributed by atoms with Crippen LogP contribution < -0.4 is 5.32 Å². The van der Waals surface area contributed by atoms with Gasteiger partial charge in [-0.1, -0.05) is 13.0 Å². The summed E-state index contributed by atoms with van der Waals surface area (Å²) in [6, 6.07) is 2.49. The number of ether oxygens (including phenoxy) is 2. The van der Waals surface area contributed by atoms with Crippen molar-refractivity contribution in [3.05, 3.63) is 33.9 Å². The number of aryl methyl sites for hydroxylation is 2. The predicted octanol–water partition coefficient (Wildman–Crippen LogP) is 3.38. The Morgan fingerprint density at radius 1 is 1.14 bits per heavy atom. The topological polar surface area (TPSA) is 30.5 Å². The van der Waals surface area contributed by atoms with Crippen molar-refractivity contribution >= 4 is 0 Å². The molecule has 0 bridgehead atoms. The van der Waals surface area contributed by atoms with E-state index >= 15 is 0 Å². The van der Waals surface area contributed by atoms with E-state index < -0.39 is 0 Å². The summed E-state index contributed by atoms with van der Waals surface area (Å²) in [7, 11) is 0. The first-order valence-corrected chi connectivity index (χ1v) is 8.06. The zero-order valence-electron chi connectivity index (χ0n) is 14.1. The highest BCUT2D eigenvalue weighted by Gasteiger charge is 2.29. The first-order valence-electron chi connectivity index (χ1n) is 8.06. The molecule has 0 aliphatic carbocycles. The van der Waals surface area contributed by atoms with Crippen LogP contribution in [0.15, 0.2) is 6.07 Å². The van der Waals surface area contributed by atoms with Gasteiger partial charge < -0.3 is 14.8 Å². The van der Waals surface area contributed by atoms with Gasteiger partial charge in [-0.05, 0) is 68.5 Å². The Morgan fingerprint density at radius 2 is 1.81 bits per heavy atom. The van der Waals surface area contributed by atoms with Gasteiger partial charge in [0.2, 0.25) is 0 Å². The van der Waals surface area contributed by atoms with Gasteiger partial charge in [-0.25, -0.2) is 0 Å². The van der Waals surface area contributed by atoms with Crippen LogP contribution in [0.3, 0.4) is 0 Å². The van der Waals surface area contributed by atoms with Crippen molar-refractivity contribution in [2.45, 2.75) is 53.2 Å². The number of benzene rings is 1. The quantitative estimate of drug-likeness (QED) is 0.902. The molecule has 2 rings (SSSR count). The monoisotopic (exact) mass is 291 g/mol. The Kier molecular flexibility index (Phi) is 5.80. The Labute approximate surface area is 129 Å². The van der Waals surface area contributed by atoms with Gasteiger partial charge in [-0.3, -0.25) is 0 Å². The lowest BCUT2D eigenvalue weighted by molar-refractivity contribution is -0.102. The number of hydrogen-bond acceptors (Lipinski definition) is 3. The summed E-state index contributed by atoms with van der Waals surface area (Å²) in [6.45, 7) is 14.1. The molecule has 1 fully saturated rings. The molecule has 0 aromatic heterocycles. The number of nitrogens with one attached hydrogen (secondary N) is 1. The Hall–Kier alpha value is -0.900. The van der Waals surface area contributed by atoms with E-state index in [1.807, 2.05) is 0 Å². The number of hydrogen-bond donors (Lipinski definition) is 1. The summed E-state index contributed by atoms with van der Waals surface area (Å²) in [5, 5.41) is 3.69. The molecule has 1 aliphatic rings. The average molecular weight is 291 g/mol. The summed E-state index contributed by atoms with van der Waals surface area (Å²) in [5.41, 5.74) is 6.86. The average Bonchev–Trinajstić information content (AvgIpc) is 2.49. The zero-order valence-corrected chi connectivity index (χ0v) is 14.1. The third kappa shape index (κ3) is 3.65. The summed E-state index contributed by atoms with van der Waals surface area (Å²) < 4.78 is 11.6. The van der Waals surface area contributed by atoms with Crippen LogP contribution in [0.2, 0.25) is 0 Å². The van der Waals surface area contributed by atoms with Crippen LogP contribution in [0.25, 0.3) is 0 Å². The van der Waals surface area contributed by atoms with Crippen LogP contribution in [0.5, 0.6) is 0 Å². The highest BCUT2D eigenvalue weighted by atomic mass is 16.6. The molecule has 2 atom stereocenters. The molecule has 3 heteroatoms. The Balaban J connectivity index is 2.40. The lowest BCUT2D eigenvalue weighted by atomic mass is 9.87. The van der Waals surface area contributed by atoms with E-state index in [2.05, 4.69) is 46.0 Å². The van der Waals surface area contributed by atoms with Crippen LogP contribution >= 0.6 is 0 Å². The van der Waals surface area contributed by atoms with Gasteiger partial charge in [0.1, 0.15) is 6.10 Å². The minimum absolute atomic E-state index is 0.101. The van der Waals surface area contributed by atoms with Crippen molar-refractivity contribution in [3.8, 4) is 0 Å². The van der Waals surface area contributed by atoms with Crippen LogP contribution in [0, 0.1) is 27.7 Å². The third-order valence-corrected chi connectivity index (χ3v) is 4.56. The van der Waals surface area contributed by atoms with Crippen molar-refractivity contribution in [1.29, 1.82) is 0 Å². The van der Waals surface area contributed by atoms with Crippen molar-refractivity contribution in [2.24, 2.45) is 0 Å². The summed E-state index contributed by atoms with van der Waals surface area (Å²) in [4.78, 5) is 0. The molecule has 1 aromatic rings. The van der Waals surface area contributed by atoms with Gasteiger partial charge in [-0.15, -0.1) is 0 Å². The molecule has 1 heterocycles. The zero-order chi connectivity index (χ0) is 15.4. The van der Waals surface area contributed by atoms with Gasteiger partial charge in [0.25, 0.3) is 0 Å². The summed E-state index contributed by atoms with van der Waals surface area (Å²) in [6.07, 6.45) is 1.22. The standard InChI is InChI=1S/C18H29NO2/c1-6-7-19-18(16-11-20-8-9-21-16)17-14(4)12(2)10-13(3)15(17)5/h10,16,18-19H,6-9,11H2,1-5H3. The van der Waals surface area contributed by atoms with Crippen molar-refractivity contribution in [2.75, 3.05) is 26.4 Å². The highest BCUT2D eigenvalue weighted by molar-refractivity contribution is 5.46. The molecular weight excluding hydrogens is 262 g/mol. The van der Waals surface area contributed by atoms with Crippen LogP contribution in [0.1, 0.15) is 47.2 Å². The van der Waals surface area contributed by atoms with E-state index in [-0.39, 0.29) is 12.1 Å². The molecule has 1 N–H and O–H groups in total. The lowest BCUT2D eigenvalue weighted by Gasteiger charge is -2.34. The molecule has 1 saturated heterocycles. The number of rotatable bonds is 5. The highest BCUT2D eigenvalue weighted by Crippen LogP contribution is 2.31. The lowest BCUT2D eigenvalue weighted by Crippen LogP contribution is -2.41. The summed E-state index contributed by atoms with van der Waals surface area (Å²) in [5.74, 6) is 0. The van der Waals surface area contributed by atoms with E-state index in [1.165, 1.54) is 27.8 Å². The van der Waals surface area contributed by atoms with Gasteiger partial charge in [0, 0.05) is 0 Å². The molecule has 0 amide bonds. The normalized spacial score (nSPS) is 20.5. The molecule has 1 aromatic carbocycles. The minimum atomic E-state index is 0.101. The first kappa shape index (κ1) is 16.5. The molecule has 0 saturated carbocycles. The smallest absolute Gasteiger partial charge is 0.100 e. The largest absolute Gasteiger partial charge is 0.376 e. The van der Waals surface area contributed by atoms with Crippen LogP contribution in [-0.2, 0) is 9.47 Å². The second kappa shape index (κ2) is 7.39. The fraction of sp³-hybridized carbons (Fsp3) is 0.667. The first-order chi connectivity index (χ1) is 10.1. The van der Waals surface area contributed by atoms with Crippen LogP contribution in [0.4, 0.5) is 0 Å². The molecule has 2 unspecified atom stereocenters. The van der Waals surface area contributed by atoms with Crippen molar-refractivity contribution < 1.29 is 9.47 Å². The third-order valence-electron chi connectivity index (χ3n) is 4.56. The van der Waals surface area contributed by atoms with Crippen molar-refractivity contribution in [1.82, 2.24) is 5.32 Å². The molecule has 118 valence electrons. The van der Waals surface area contributed by atoms with E-state index in [0.717, 1.165) is 13.0 Å². The Morgan fingerprint density at radius 3 is 2.33 bits per heavy atom. The summed E-state index contributed by atoms with van der Waals surface area (Å²) >= 11 is 0. The van der Waals surface area contributed by atoms with Gasteiger partial charge >= 0.3 is 0 Å². The molecule has 3 nitrogen and oxygen atoms in total. The minimum Gasteiger partial charge on any atom is -0.376 e. The van der Waals surface area contributed by atoms with E-state index in [1.54, 1.807) is 0 Å². The molecule has 1 aliphatic heterocycles. The SMILES string of the molecule is CCCNC(c1c(C)c(C)cc(C)c1C)C1COCCO1. The second-order valence-electron chi connectivity index (χ2n) is 6.09. The van der Waals surface area contributed by atoms with E-state index in [0.29, 0.717) is 19.8 Å². The molecular formula is C18H29NO2. The van der Waals surface area contributed by atoms with Crippen LogP contribution in [-0.4, -0.2) is 32.5 Å². The maximum Gasteiger partial charge on any atom is 0.100 e. The maximum absolute atomic E-state index is 5.99. The van der Waals surface area contributed by atoms with Gasteiger partial charge in [0.15, 0.2) is 0 Å². The molecule has 0 spiro atoms. The molecule has 0 radical (unpaired) electrons. The van der Waals surface area contributed by atoms with E-state index in [4.69, 9.17) is 9.47 Å². The van der Waals surface area contributed by atoms with Crippen molar-refractivity contribution in [3.63, 3.8) is 0 Å². The fourth-order valence-corrected chi connectivity index (χ4v) is 3.13. The molecule has 21 heavy (non-hydrogen) atoms. The van der Waals surface area contributed by atoms with E-state index in [9.17, 15) is 0 Å². The predicted molar refractivity (Wildman–Crippen MR) is 87.0 cm³/mol. The maximum atomic E-state index is 5.99.